The molecule has 1 N–H and O–H groups in total. The quantitative estimate of drug-likeness (QED) is 0.631. The third kappa shape index (κ3) is 3.83. The maximum Gasteiger partial charge on any atom is 0.246 e. The van der Waals surface area contributed by atoms with Gasteiger partial charge >= 0.3 is 0 Å². The maximum absolute atomic E-state index is 13.3. The van der Waals surface area contributed by atoms with E-state index < -0.39 is 0 Å². The van der Waals surface area contributed by atoms with Crippen LogP contribution < -0.4 is 10.2 Å². The summed E-state index contributed by atoms with van der Waals surface area (Å²) in [6.07, 6.45) is 6.86. The van der Waals surface area contributed by atoms with Crippen molar-refractivity contribution in [3.8, 4) is 0 Å². The van der Waals surface area contributed by atoms with Gasteiger partial charge in [0.15, 0.2) is 5.96 Å². The number of aromatic nitrogens is 2. The van der Waals surface area contributed by atoms with Gasteiger partial charge in [-0.1, -0.05) is 18.6 Å². The number of guanidine groups is 1. The highest BCUT2D eigenvalue weighted by atomic mass is 19.1. The summed E-state index contributed by atoms with van der Waals surface area (Å²) in [4.78, 5) is 20.8. The number of aliphatic imine (C=N–C) groups is 1. The Kier molecular flexibility index (Phi) is 5.25. The summed E-state index contributed by atoms with van der Waals surface area (Å²) < 4.78 is 15.0. The van der Waals surface area contributed by atoms with Crippen LogP contribution in [0, 0.1) is 5.82 Å². The Labute approximate surface area is 170 Å². The highest BCUT2D eigenvalue weighted by Crippen LogP contribution is 2.43. The van der Waals surface area contributed by atoms with Gasteiger partial charge in [-0.3, -0.25) is 14.5 Å². The number of hydrogen-bond acceptors (Lipinski definition) is 3. The summed E-state index contributed by atoms with van der Waals surface area (Å²) in [7, 11) is 3.58. The van der Waals surface area contributed by atoms with Gasteiger partial charge in [0.2, 0.25) is 5.91 Å². The van der Waals surface area contributed by atoms with Gasteiger partial charge in [0.05, 0.1) is 11.9 Å². The average Bonchev–Trinajstić information content (AvgIpc) is 3.11. The molecular weight excluding hydrogens is 371 g/mol. The minimum Gasteiger partial charge on any atom is -0.355 e. The van der Waals surface area contributed by atoms with E-state index in [1.165, 1.54) is 18.6 Å². The molecule has 1 saturated carbocycles. The smallest absolute Gasteiger partial charge is 0.246 e. The third-order valence-corrected chi connectivity index (χ3v) is 6.09. The van der Waals surface area contributed by atoms with Gasteiger partial charge in [0.1, 0.15) is 12.4 Å². The predicted octanol–water partition coefficient (Wildman–Crippen LogP) is 1.91. The van der Waals surface area contributed by atoms with Gasteiger partial charge in [-0.05, 0) is 30.5 Å². The van der Waals surface area contributed by atoms with E-state index in [4.69, 9.17) is 0 Å². The van der Waals surface area contributed by atoms with Gasteiger partial charge < -0.3 is 15.1 Å². The van der Waals surface area contributed by atoms with Crippen LogP contribution in [0.3, 0.4) is 0 Å². The second-order valence-electron chi connectivity index (χ2n) is 7.88. The van der Waals surface area contributed by atoms with Crippen molar-refractivity contribution in [2.45, 2.75) is 24.7 Å². The normalized spacial score (nSPS) is 19.3. The van der Waals surface area contributed by atoms with Crippen LogP contribution in [0.4, 0.5) is 10.1 Å². The Morgan fingerprint density at radius 2 is 2.03 bits per heavy atom. The van der Waals surface area contributed by atoms with E-state index >= 15 is 0 Å². The topological polar surface area (TPSA) is 65.8 Å². The van der Waals surface area contributed by atoms with E-state index in [2.05, 4.69) is 15.4 Å². The molecule has 0 bridgehead atoms. The number of rotatable bonds is 4. The van der Waals surface area contributed by atoms with Crippen molar-refractivity contribution in [2.75, 3.05) is 38.1 Å². The minimum absolute atomic E-state index is 0.00514. The van der Waals surface area contributed by atoms with E-state index in [1.807, 2.05) is 30.3 Å². The molecule has 2 aromatic rings. The Balaban J connectivity index is 1.40. The number of nitrogens with one attached hydrogen (secondary N) is 1. The molecule has 1 aromatic heterocycles. The molecule has 29 heavy (non-hydrogen) atoms. The van der Waals surface area contributed by atoms with Crippen LogP contribution in [0.1, 0.15) is 24.8 Å². The monoisotopic (exact) mass is 398 g/mol. The number of carbonyl (C=O) groups is 1. The molecule has 0 spiro atoms. The van der Waals surface area contributed by atoms with E-state index in [1.54, 1.807) is 22.8 Å². The van der Waals surface area contributed by atoms with Gasteiger partial charge in [-0.2, -0.15) is 5.10 Å². The molecule has 1 amide bonds. The number of hydrogen-bond donors (Lipinski definition) is 1. The van der Waals surface area contributed by atoms with E-state index in [0.717, 1.165) is 36.6 Å². The third-order valence-electron chi connectivity index (χ3n) is 6.09. The Morgan fingerprint density at radius 3 is 2.59 bits per heavy atom. The van der Waals surface area contributed by atoms with Crippen LogP contribution >= 0.6 is 0 Å². The molecule has 1 aromatic carbocycles. The molecule has 1 saturated heterocycles. The van der Waals surface area contributed by atoms with Crippen molar-refractivity contribution in [3.63, 3.8) is 0 Å². The Hall–Kier alpha value is -2.90. The number of halogens is 1. The van der Waals surface area contributed by atoms with Gasteiger partial charge in [-0.25, -0.2) is 4.39 Å². The van der Waals surface area contributed by atoms with E-state index in [-0.39, 0.29) is 23.7 Å². The number of piperazine rings is 1. The molecule has 2 aliphatic rings. The van der Waals surface area contributed by atoms with Crippen molar-refractivity contribution in [1.29, 1.82) is 0 Å². The molecule has 0 unspecified atom stereocenters. The molecule has 2 heterocycles. The molecule has 2 fully saturated rings. The first-order valence-corrected chi connectivity index (χ1v) is 10.0. The largest absolute Gasteiger partial charge is 0.355 e. The van der Waals surface area contributed by atoms with Crippen molar-refractivity contribution >= 4 is 17.6 Å². The first-order chi connectivity index (χ1) is 14.0. The fourth-order valence-corrected chi connectivity index (χ4v) is 4.23. The lowest BCUT2D eigenvalue weighted by Gasteiger charge is -2.44. The molecule has 7 nitrogen and oxygen atoms in total. The van der Waals surface area contributed by atoms with Crippen LogP contribution in [-0.4, -0.2) is 59.8 Å². The number of amides is 1. The van der Waals surface area contributed by atoms with Crippen molar-refractivity contribution < 1.29 is 9.18 Å². The highest BCUT2D eigenvalue weighted by Gasteiger charge is 2.39. The first kappa shape index (κ1) is 19.4. The number of carbonyl (C=O) groups excluding carboxylic acids is 1. The van der Waals surface area contributed by atoms with Gasteiger partial charge in [0, 0.05) is 45.3 Å². The number of aryl methyl sites for hydroxylation is 1. The standard InChI is InChI=1S/C21H27FN6O/c1-23-20(24-15-21(8-3-9-21)16-4-6-17(22)7-5-16)27-10-11-28(19(29)14-27)18-12-25-26(2)13-18/h4-7,12-13H,3,8-11,14-15H2,1-2H3,(H,23,24). The van der Waals surface area contributed by atoms with Gasteiger partial charge in [-0.15, -0.1) is 0 Å². The minimum atomic E-state index is -0.211. The number of nitrogens with zero attached hydrogens (tertiary/aromatic N) is 5. The molecule has 0 atom stereocenters. The van der Waals surface area contributed by atoms with E-state index in [9.17, 15) is 9.18 Å². The summed E-state index contributed by atoms with van der Waals surface area (Å²) in [6, 6.07) is 6.82. The Morgan fingerprint density at radius 1 is 1.28 bits per heavy atom. The second kappa shape index (κ2) is 7.85. The maximum atomic E-state index is 13.3. The molecule has 1 aliphatic heterocycles. The number of benzene rings is 1. The zero-order valence-electron chi connectivity index (χ0n) is 16.9. The van der Waals surface area contributed by atoms with Crippen LogP contribution in [-0.2, 0) is 17.3 Å². The SMILES string of the molecule is CN=C(NCC1(c2ccc(F)cc2)CCC1)N1CCN(c2cnn(C)c2)C(=O)C1. The van der Waals surface area contributed by atoms with Crippen LogP contribution in [0.5, 0.6) is 0 Å². The summed E-state index contributed by atoms with van der Waals surface area (Å²) in [5.74, 6) is 0.554. The summed E-state index contributed by atoms with van der Waals surface area (Å²) in [5, 5.41) is 7.62. The molecule has 1 aliphatic carbocycles. The zero-order valence-corrected chi connectivity index (χ0v) is 16.9. The van der Waals surface area contributed by atoms with Crippen molar-refractivity contribution in [1.82, 2.24) is 20.0 Å². The fourth-order valence-electron chi connectivity index (χ4n) is 4.23. The lowest BCUT2D eigenvalue weighted by atomic mass is 9.64. The van der Waals surface area contributed by atoms with Crippen LogP contribution in [0.25, 0.3) is 0 Å². The molecular formula is C21H27FN6O. The zero-order chi connectivity index (χ0) is 20.4. The lowest BCUT2D eigenvalue weighted by molar-refractivity contribution is -0.120. The predicted molar refractivity (Wildman–Crippen MR) is 110 cm³/mol. The first-order valence-electron chi connectivity index (χ1n) is 10.0. The van der Waals surface area contributed by atoms with E-state index in [0.29, 0.717) is 13.1 Å². The van der Waals surface area contributed by atoms with Crippen LogP contribution in [0.2, 0.25) is 0 Å². The number of anilines is 1. The van der Waals surface area contributed by atoms with Crippen molar-refractivity contribution in [2.24, 2.45) is 12.0 Å². The second-order valence-corrected chi connectivity index (χ2v) is 7.88. The highest BCUT2D eigenvalue weighted by molar-refractivity contribution is 5.98. The molecule has 8 heteroatoms. The fraction of sp³-hybridized carbons (Fsp3) is 0.476. The van der Waals surface area contributed by atoms with Crippen molar-refractivity contribution in [3.05, 3.63) is 48.0 Å². The summed E-state index contributed by atoms with van der Waals surface area (Å²) in [5.41, 5.74) is 1.99. The molecule has 154 valence electrons. The summed E-state index contributed by atoms with van der Waals surface area (Å²) in [6.45, 7) is 2.29. The lowest BCUT2D eigenvalue weighted by Crippen LogP contribution is -2.57. The Bertz CT molecular complexity index is 902. The van der Waals surface area contributed by atoms with Crippen LogP contribution in [0.15, 0.2) is 41.7 Å². The molecule has 0 radical (unpaired) electrons. The molecule has 4 rings (SSSR count). The average molecular weight is 398 g/mol. The van der Waals surface area contributed by atoms with Gasteiger partial charge in [0.25, 0.3) is 0 Å². The summed E-state index contributed by atoms with van der Waals surface area (Å²) >= 11 is 0.